The molecule has 0 saturated carbocycles. The summed E-state index contributed by atoms with van der Waals surface area (Å²) in [4.78, 5) is 14.1. The Labute approximate surface area is 152 Å². The summed E-state index contributed by atoms with van der Waals surface area (Å²) in [5.74, 6) is 0. The van der Waals surface area contributed by atoms with E-state index in [9.17, 15) is 4.79 Å². The standard InChI is InChI=1S/C21H21NO4/c23-21(25-14-17-9-5-2-6-10-17)22-12-11-19-20(26-19)18(22)15-24-13-16-7-3-1-4-8-16/h1-12,18-20H,13-15H2/t18-,19+,20-/m1/s1. The fourth-order valence-electron chi connectivity index (χ4n) is 3.08. The van der Waals surface area contributed by atoms with Crippen molar-refractivity contribution in [3.05, 3.63) is 84.1 Å². The quantitative estimate of drug-likeness (QED) is 0.748. The first-order chi connectivity index (χ1) is 12.8. The van der Waals surface area contributed by atoms with E-state index < -0.39 is 0 Å². The number of benzene rings is 2. The van der Waals surface area contributed by atoms with Crippen LogP contribution in [0.1, 0.15) is 11.1 Å². The Balaban J connectivity index is 1.33. The molecular formula is C21H21NO4. The van der Waals surface area contributed by atoms with Crippen LogP contribution >= 0.6 is 0 Å². The molecule has 0 spiro atoms. The highest BCUT2D eigenvalue weighted by Crippen LogP contribution is 2.34. The predicted molar refractivity (Wildman–Crippen MR) is 96.2 cm³/mol. The zero-order valence-electron chi connectivity index (χ0n) is 14.4. The maximum Gasteiger partial charge on any atom is 0.414 e. The second-order valence-corrected chi connectivity index (χ2v) is 6.42. The van der Waals surface area contributed by atoms with Crippen molar-refractivity contribution >= 4 is 6.09 Å². The summed E-state index contributed by atoms with van der Waals surface area (Å²) >= 11 is 0. The lowest BCUT2D eigenvalue weighted by Gasteiger charge is -2.28. The summed E-state index contributed by atoms with van der Waals surface area (Å²) in [6.45, 7) is 1.16. The van der Waals surface area contributed by atoms with Gasteiger partial charge in [-0.2, -0.15) is 0 Å². The van der Waals surface area contributed by atoms with Gasteiger partial charge >= 0.3 is 6.09 Å². The van der Waals surface area contributed by atoms with Gasteiger partial charge in [-0.3, -0.25) is 4.90 Å². The van der Waals surface area contributed by atoms with Gasteiger partial charge in [0.1, 0.15) is 18.8 Å². The summed E-state index contributed by atoms with van der Waals surface area (Å²) in [5, 5.41) is 0. The monoisotopic (exact) mass is 351 g/mol. The van der Waals surface area contributed by atoms with Crippen LogP contribution in [-0.4, -0.2) is 35.8 Å². The van der Waals surface area contributed by atoms with Crippen LogP contribution in [0.4, 0.5) is 4.79 Å². The fraction of sp³-hybridized carbons (Fsp3) is 0.286. The number of nitrogens with zero attached hydrogens (tertiary/aromatic N) is 1. The molecule has 0 unspecified atom stereocenters. The third-order valence-corrected chi connectivity index (χ3v) is 4.55. The summed E-state index contributed by atoms with van der Waals surface area (Å²) in [6.07, 6.45) is 3.33. The van der Waals surface area contributed by atoms with Crippen LogP contribution in [0, 0.1) is 0 Å². The van der Waals surface area contributed by atoms with Gasteiger partial charge in [-0.1, -0.05) is 60.7 Å². The molecule has 1 amide bonds. The molecule has 2 aromatic carbocycles. The molecule has 2 aliphatic rings. The molecule has 0 radical (unpaired) electrons. The molecule has 1 fully saturated rings. The van der Waals surface area contributed by atoms with E-state index in [0.717, 1.165) is 11.1 Å². The maximum atomic E-state index is 12.5. The second kappa shape index (κ2) is 7.72. The average Bonchev–Trinajstić information content (AvgIpc) is 3.48. The number of rotatable bonds is 6. The number of epoxide rings is 1. The van der Waals surface area contributed by atoms with Crippen molar-refractivity contribution in [2.75, 3.05) is 6.61 Å². The van der Waals surface area contributed by atoms with E-state index in [1.807, 2.05) is 66.7 Å². The first kappa shape index (κ1) is 16.8. The van der Waals surface area contributed by atoms with Crippen molar-refractivity contribution in [2.24, 2.45) is 0 Å². The van der Waals surface area contributed by atoms with Crippen molar-refractivity contribution in [3.8, 4) is 0 Å². The van der Waals surface area contributed by atoms with Crippen molar-refractivity contribution in [3.63, 3.8) is 0 Å². The summed E-state index contributed by atoms with van der Waals surface area (Å²) in [6, 6.07) is 19.4. The highest BCUT2D eigenvalue weighted by Gasteiger charge is 2.50. The van der Waals surface area contributed by atoms with Crippen LogP contribution in [0.2, 0.25) is 0 Å². The molecule has 2 heterocycles. The molecule has 5 heteroatoms. The lowest BCUT2D eigenvalue weighted by molar-refractivity contribution is 0.0418. The lowest BCUT2D eigenvalue weighted by Crippen LogP contribution is -2.45. The molecule has 0 N–H and O–H groups in total. The van der Waals surface area contributed by atoms with Crippen LogP contribution in [0.3, 0.4) is 0 Å². The van der Waals surface area contributed by atoms with E-state index >= 15 is 0 Å². The van der Waals surface area contributed by atoms with Crippen molar-refractivity contribution in [1.82, 2.24) is 4.90 Å². The minimum absolute atomic E-state index is 0.0138. The van der Waals surface area contributed by atoms with Crippen molar-refractivity contribution < 1.29 is 19.0 Å². The molecule has 0 bridgehead atoms. The van der Waals surface area contributed by atoms with E-state index in [1.165, 1.54) is 0 Å². The van der Waals surface area contributed by atoms with Crippen LogP contribution in [0.25, 0.3) is 0 Å². The summed E-state index contributed by atoms with van der Waals surface area (Å²) < 4.78 is 16.9. The van der Waals surface area contributed by atoms with Gasteiger partial charge in [0.15, 0.2) is 0 Å². The molecule has 3 atom stereocenters. The van der Waals surface area contributed by atoms with Crippen LogP contribution < -0.4 is 0 Å². The summed E-state index contributed by atoms with van der Waals surface area (Å²) in [7, 11) is 0. The van der Waals surface area contributed by atoms with Gasteiger partial charge < -0.3 is 14.2 Å². The van der Waals surface area contributed by atoms with Crippen molar-refractivity contribution in [2.45, 2.75) is 31.5 Å². The normalized spacial score (nSPS) is 23.4. The summed E-state index contributed by atoms with van der Waals surface area (Å²) in [5.41, 5.74) is 2.06. The van der Waals surface area contributed by atoms with E-state index in [2.05, 4.69) is 0 Å². The molecule has 0 aliphatic carbocycles. The number of fused-ring (bicyclic) bond motifs is 1. The Morgan fingerprint density at radius 3 is 2.31 bits per heavy atom. The molecule has 2 aliphatic heterocycles. The Kier molecular flexibility index (Phi) is 5.00. The van der Waals surface area contributed by atoms with Crippen LogP contribution in [0.15, 0.2) is 72.9 Å². The van der Waals surface area contributed by atoms with Crippen molar-refractivity contribution in [1.29, 1.82) is 0 Å². The largest absolute Gasteiger partial charge is 0.444 e. The molecule has 4 rings (SSSR count). The van der Waals surface area contributed by atoms with Gasteiger partial charge in [-0.25, -0.2) is 4.79 Å². The number of hydrogen-bond acceptors (Lipinski definition) is 4. The molecular weight excluding hydrogens is 330 g/mol. The van der Waals surface area contributed by atoms with E-state index in [4.69, 9.17) is 14.2 Å². The Morgan fingerprint density at radius 1 is 0.962 bits per heavy atom. The molecule has 1 saturated heterocycles. The van der Waals surface area contributed by atoms with E-state index in [0.29, 0.717) is 13.2 Å². The average molecular weight is 351 g/mol. The first-order valence-corrected chi connectivity index (χ1v) is 8.76. The highest BCUT2D eigenvalue weighted by atomic mass is 16.6. The topological polar surface area (TPSA) is 51.3 Å². The number of amides is 1. The Morgan fingerprint density at radius 2 is 1.62 bits per heavy atom. The Hall–Kier alpha value is -2.63. The fourth-order valence-corrected chi connectivity index (χ4v) is 3.08. The molecule has 2 aromatic rings. The van der Waals surface area contributed by atoms with Crippen LogP contribution in [0.5, 0.6) is 0 Å². The predicted octanol–water partition coefficient (Wildman–Crippen LogP) is 3.51. The SMILES string of the molecule is O=C(OCc1ccccc1)N1C=C[C@@H]2O[C@@H]2[C@H]1COCc1ccccc1. The third-order valence-electron chi connectivity index (χ3n) is 4.55. The first-order valence-electron chi connectivity index (χ1n) is 8.76. The van der Waals surface area contributed by atoms with Crippen LogP contribution in [-0.2, 0) is 27.4 Å². The zero-order chi connectivity index (χ0) is 17.8. The number of ether oxygens (including phenoxy) is 3. The minimum atomic E-state index is -0.382. The van der Waals surface area contributed by atoms with Gasteiger partial charge in [-0.15, -0.1) is 0 Å². The highest BCUT2D eigenvalue weighted by molar-refractivity contribution is 5.70. The number of hydrogen-bond donors (Lipinski definition) is 0. The van der Waals surface area contributed by atoms with Gasteiger partial charge in [0.05, 0.1) is 19.3 Å². The number of carbonyl (C=O) groups excluding carboxylic acids is 1. The van der Waals surface area contributed by atoms with E-state index in [-0.39, 0.29) is 30.9 Å². The smallest absolute Gasteiger partial charge is 0.414 e. The minimum Gasteiger partial charge on any atom is -0.444 e. The lowest BCUT2D eigenvalue weighted by atomic mass is 10.1. The second-order valence-electron chi connectivity index (χ2n) is 6.42. The molecule has 0 aromatic heterocycles. The number of carbonyl (C=O) groups is 1. The third kappa shape index (κ3) is 3.95. The maximum absolute atomic E-state index is 12.5. The molecule has 5 nitrogen and oxygen atoms in total. The molecule has 26 heavy (non-hydrogen) atoms. The molecule has 134 valence electrons. The van der Waals surface area contributed by atoms with E-state index in [1.54, 1.807) is 11.1 Å². The van der Waals surface area contributed by atoms with Gasteiger partial charge in [0.2, 0.25) is 0 Å². The van der Waals surface area contributed by atoms with Gasteiger partial charge in [0, 0.05) is 6.20 Å². The van der Waals surface area contributed by atoms with Gasteiger partial charge in [0.25, 0.3) is 0 Å². The van der Waals surface area contributed by atoms with Gasteiger partial charge in [-0.05, 0) is 17.2 Å². The zero-order valence-corrected chi connectivity index (χ0v) is 14.4. The Bertz CT molecular complexity index is 762.